The highest BCUT2D eigenvalue weighted by Gasteiger charge is 2.54. The third kappa shape index (κ3) is 6.50. The molecule has 0 radical (unpaired) electrons. The number of β-lactam (4-membered cyclic amide) rings is 1. The molecule has 43 heavy (non-hydrogen) atoms. The molecule has 5 N–H and O–H groups in total. The summed E-state index contributed by atoms with van der Waals surface area (Å²) in [6.07, 6.45) is 0. The summed E-state index contributed by atoms with van der Waals surface area (Å²) < 4.78 is 7.11. The van der Waals surface area contributed by atoms with Crippen molar-refractivity contribution in [3.63, 3.8) is 0 Å². The number of nitrogens with one attached hydrogen (secondary N) is 2. The van der Waals surface area contributed by atoms with Crippen LogP contribution in [-0.4, -0.2) is 83.4 Å². The SMILES string of the molecule is Cn1nnnc1SCC1=C(C(=O)O)N2C(=O)C(NC(=O)[C@@H](NC(=O)COc3ccccc3CN)c3ccccc3)[C@@H]2SC1. The van der Waals surface area contributed by atoms with E-state index in [1.807, 2.05) is 6.07 Å². The summed E-state index contributed by atoms with van der Waals surface area (Å²) >= 11 is 2.61. The first kappa shape index (κ1) is 30.1. The van der Waals surface area contributed by atoms with Gasteiger partial charge in [0, 0.05) is 30.7 Å². The van der Waals surface area contributed by atoms with E-state index in [0.717, 1.165) is 5.56 Å². The molecule has 3 heterocycles. The van der Waals surface area contributed by atoms with Crippen molar-refractivity contribution in [1.82, 2.24) is 35.7 Å². The van der Waals surface area contributed by atoms with Crippen molar-refractivity contribution < 1.29 is 29.0 Å². The summed E-state index contributed by atoms with van der Waals surface area (Å²) in [6, 6.07) is 13.5. The number of amides is 3. The Morgan fingerprint density at radius 1 is 1.19 bits per heavy atom. The number of thioether (sulfide) groups is 2. The topological polar surface area (TPSA) is 195 Å². The number of carboxylic acid groups (broad SMARTS) is 1. The van der Waals surface area contributed by atoms with Gasteiger partial charge in [-0.1, -0.05) is 60.3 Å². The molecule has 0 saturated carbocycles. The van der Waals surface area contributed by atoms with Gasteiger partial charge in [0.25, 0.3) is 11.8 Å². The Morgan fingerprint density at radius 3 is 2.63 bits per heavy atom. The molecule has 2 aliphatic heterocycles. The zero-order valence-corrected chi connectivity index (χ0v) is 24.5. The van der Waals surface area contributed by atoms with Gasteiger partial charge in [0.2, 0.25) is 11.1 Å². The molecule has 16 heteroatoms. The lowest BCUT2D eigenvalue weighted by atomic mass is 10.0. The minimum absolute atomic E-state index is 0.107. The van der Waals surface area contributed by atoms with Crippen LogP contribution in [0.1, 0.15) is 17.2 Å². The van der Waals surface area contributed by atoms with Crippen LogP contribution in [-0.2, 0) is 32.8 Å². The summed E-state index contributed by atoms with van der Waals surface area (Å²) in [5.74, 6) is -1.88. The van der Waals surface area contributed by atoms with Crippen LogP contribution in [0.4, 0.5) is 0 Å². The van der Waals surface area contributed by atoms with Crippen molar-refractivity contribution in [3.8, 4) is 5.75 Å². The van der Waals surface area contributed by atoms with Crippen LogP contribution in [0.2, 0.25) is 0 Å². The Kier molecular flexibility index (Phi) is 9.27. The fourth-order valence-corrected chi connectivity index (χ4v) is 6.97. The van der Waals surface area contributed by atoms with Crippen molar-refractivity contribution in [1.29, 1.82) is 0 Å². The fraction of sp³-hybridized carbons (Fsp3) is 0.296. The Labute approximate surface area is 254 Å². The standard InChI is InChI=1S/C27H28N8O6S2/c1-34-27(31-32-33-34)43-14-17-13-42-25-21(24(38)35(25)22(17)26(39)40)30-23(37)20(15-7-3-2-4-8-15)29-19(36)12-41-18-10-6-5-9-16(18)11-28/h2-10,20-21,25H,11-14,28H2,1H3,(H,29,36)(H,30,37)(H,39,40)/t20-,21?,25-/m0/s1. The number of hydrogen-bond acceptors (Lipinski definition) is 11. The van der Waals surface area contributed by atoms with Gasteiger partial charge in [0.05, 0.1) is 0 Å². The number of aliphatic carboxylic acids is 1. The summed E-state index contributed by atoms with van der Waals surface area (Å²) in [5, 5.41) is 26.5. The molecular formula is C27H28N8O6S2. The Hall–Kier alpha value is -4.41. The first-order valence-electron chi connectivity index (χ1n) is 13.1. The molecule has 3 aromatic rings. The lowest BCUT2D eigenvalue weighted by Crippen LogP contribution is -2.71. The number of nitrogens with two attached hydrogens (primary N) is 1. The number of benzene rings is 2. The Balaban J connectivity index is 1.27. The predicted molar refractivity (Wildman–Crippen MR) is 156 cm³/mol. The number of para-hydroxylation sites is 1. The van der Waals surface area contributed by atoms with E-state index in [2.05, 4.69) is 26.2 Å². The van der Waals surface area contributed by atoms with Gasteiger partial charge < -0.3 is 26.2 Å². The number of nitrogens with zero attached hydrogens (tertiary/aromatic N) is 5. The number of aromatic nitrogens is 4. The first-order chi connectivity index (χ1) is 20.8. The van der Waals surface area contributed by atoms with Crippen molar-refractivity contribution in [2.75, 3.05) is 18.1 Å². The molecule has 3 atom stereocenters. The largest absolute Gasteiger partial charge is 0.483 e. The molecule has 2 aromatic carbocycles. The summed E-state index contributed by atoms with van der Waals surface area (Å²) in [4.78, 5) is 53.0. The quantitative estimate of drug-likeness (QED) is 0.161. The van der Waals surface area contributed by atoms with Crippen molar-refractivity contribution in [2.24, 2.45) is 12.8 Å². The van der Waals surface area contributed by atoms with Gasteiger partial charge in [-0.2, -0.15) is 0 Å². The molecule has 1 fully saturated rings. The van der Waals surface area contributed by atoms with Crippen LogP contribution < -0.4 is 21.1 Å². The fourth-order valence-electron chi connectivity index (χ4n) is 4.63. The highest BCUT2D eigenvalue weighted by atomic mass is 32.2. The van der Waals surface area contributed by atoms with Crippen molar-refractivity contribution >= 4 is 47.2 Å². The maximum atomic E-state index is 13.5. The summed E-state index contributed by atoms with van der Waals surface area (Å²) in [7, 11) is 1.67. The normalized spacial score (nSPS) is 18.4. The smallest absolute Gasteiger partial charge is 0.352 e. The summed E-state index contributed by atoms with van der Waals surface area (Å²) in [5.41, 5.74) is 7.41. The lowest BCUT2D eigenvalue weighted by Gasteiger charge is -2.49. The average molecular weight is 625 g/mol. The first-order valence-corrected chi connectivity index (χ1v) is 15.1. The molecule has 0 bridgehead atoms. The molecule has 3 amide bonds. The highest BCUT2D eigenvalue weighted by Crippen LogP contribution is 2.41. The van der Waals surface area contributed by atoms with E-state index in [4.69, 9.17) is 10.5 Å². The number of rotatable bonds is 12. The number of carbonyl (C=O) groups is 4. The number of tetrazole rings is 1. The van der Waals surface area contributed by atoms with Crippen molar-refractivity contribution in [2.45, 2.75) is 29.2 Å². The van der Waals surface area contributed by atoms with Crippen LogP contribution in [0, 0.1) is 0 Å². The zero-order chi connectivity index (χ0) is 30.5. The molecule has 0 aliphatic carbocycles. The van der Waals surface area contributed by atoms with E-state index >= 15 is 0 Å². The number of carbonyl (C=O) groups excluding carboxylic acids is 3. The van der Waals surface area contributed by atoms with Crippen molar-refractivity contribution in [3.05, 3.63) is 77.0 Å². The molecular weight excluding hydrogens is 596 g/mol. The number of fused-ring (bicyclic) bond motifs is 1. The molecule has 1 saturated heterocycles. The van der Waals surface area contributed by atoms with E-state index in [1.165, 1.54) is 33.1 Å². The second-order valence-corrected chi connectivity index (χ2v) is 11.6. The van der Waals surface area contributed by atoms with E-state index in [9.17, 15) is 24.3 Å². The van der Waals surface area contributed by atoms with Gasteiger partial charge >= 0.3 is 5.97 Å². The van der Waals surface area contributed by atoms with Gasteiger partial charge in [-0.25, -0.2) is 9.48 Å². The molecule has 5 rings (SSSR count). The molecule has 1 aromatic heterocycles. The van der Waals surface area contributed by atoms with Crippen LogP contribution in [0.5, 0.6) is 5.75 Å². The van der Waals surface area contributed by atoms with E-state index in [-0.39, 0.29) is 24.6 Å². The molecule has 2 aliphatic rings. The van der Waals surface area contributed by atoms with Gasteiger partial charge in [0.15, 0.2) is 6.61 Å². The van der Waals surface area contributed by atoms with Crippen LogP contribution >= 0.6 is 23.5 Å². The van der Waals surface area contributed by atoms with E-state index in [0.29, 0.717) is 27.8 Å². The average Bonchev–Trinajstić information content (AvgIpc) is 3.44. The predicted octanol–water partition coefficient (Wildman–Crippen LogP) is 0.436. The van der Waals surface area contributed by atoms with E-state index < -0.39 is 41.1 Å². The second kappa shape index (κ2) is 13.3. The van der Waals surface area contributed by atoms with Gasteiger partial charge in [0.1, 0.15) is 28.9 Å². The second-order valence-electron chi connectivity index (χ2n) is 9.54. The zero-order valence-electron chi connectivity index (χ0n) is 22.9. The number of hydrogen-bond donors (Lipinski definition) is 4. The summed E-state index contributed by atoms with van der Waals surface area (Å²) in [6.45, 7) is -0.128. The van der Waals surface area contributed by atoms with E-state index in [1.54, 1.807) is 55.6 Å². The molecule has 14 nitrogen and oxygen atoms in total. The number of aryl methyl sites for hydroxylation is 1. The minimum Gasteiger partial charge on any atom is -0.483 e. The number of carboxylic acids is 1. The van der Waals surface area contributed by atoms with Crippen LogP contribution in [0.3, 0.4) is 0 Å². The third-order valence-corrected chi connectivity index (χ3v) is 9.19. The maximum Gasteiger partial charge on any atom is 0.352 e. The molecule has 1 unspecified atom stereocenters. The lowest BCUT2D eigenvalue weighted by molar-refractivity contribution is -0.151. The molecule has 224 valence electrons. The van der Waals surface area contributed by atoms with Gasteiger partial charge in [-0.05, 0) is 27.6 Å². The highest BCUT2D eigenvalue weighted by molar-refractivity contribution is 8.01. The molecule has 0 spiro atoms. The Morgan fingerprint density at radius 2 is 1.93 bits per heavy atom. The minimum atomic E-state index is -1.24. The third-order valence-electron chi connectivity index (χ3n) is 6.76. The Bertz CT molecular complexity index is 1570. The van der Waals surface area contributed by atoms with Crippen LogP contribution in [0.25, 0.3) is 0 Å². The van der Waals surface area contributed by atoms with Gasteiger partial charge in [-0.15, -0.1) is 16.9 Å². The van der Waals surface area contributed by atoms with Crippen LogP contribution in [0.15, 0.2) is 71.0 Å². The maximum absolute atomic E-state index is 13.5. The monoisotopic (exact) mass is 624 g/mol. The van der Waals surface area contributed by atoms with Gasteiger partial charge in [-0.3, -0.25) is 19.3 Å². The number of ether oxygens (including phenoxy) is 1.